The van der Waals surface area contributed by atoms with Crippen LogP contribution in [0.5, 0.6) is 0 Å². The van der Waals surface area contributed by atoms with Crippen LogP contribution in [0.3, 0.4) is 0 Å². The third-order valence-corrected chi connectivity index (χ3v) is 18.7. The van der Waals surface area contributed by atoms with Crippen LogP contribution < -0.4 is 0 Å². The maximum atomic E-state index is 12.6. The first-order valence-corrected chi connectivity index (χ1v) is 27.2. The fraction of sp³-hybridized carbons (Fsp3) is 0.889. The molecule has 6 saturated carbocycles. The normalized spacial score (nSPS) is 34.4. The summed E-state index contributed by atoms with van der Waals surface area (Å²) in [5.41, 5.74) is -1.45. The lowest BCUT2D eigenvalue weighted by Crippen LogP contribution is -2.41. The first kappa shape index (κ1) is 74.6. The van der Waals surface area contributed by atoms with E-state index in [0.29, 0.717) is 43.6 Å². The lowest BCUT2D eigenvalue weighted by atomic mass is 9.62. The maximum absolute atomic E-state index is 12.6. The van der Waals surface area contributed by atoms with Crippen molar-refractivity contribution in [3.8, 4) is 0 Å². The Labute approximate surface area is 464 Å². The zero-order valence-electron chi connectivity index (χ0n) is 46.1. The summed E-state index contributed by atoms with van der Waals surface area (Å²) in [5.74, 6) is 7.05. The van der Waals surface area contributed by atoms with Crippen LogP contribution in [0.25, 0.3) is 0 Å². The Balaban J connectivity index is 0. The number of cyclic esters (lactones) is 3. The summed E-state index contributed by atoms with van der Waals surface area (Å²) in [6.45, 7) is 34.4. The number of ether oxygens (including phenoxy) is 6. The predicted molar refractivity (Wildman–Crippen MR) is 304 cm³/mol. The molecule has 76 heavy (non-hydrogen) atoms. The third-order valence-electron chi connectivity index (χ3n) is 18.7. The van der Waals surface area contributed by atoms with Gasteiger partial charge in [-0.05, 0) is 177 Å². The Morgan fingerprint density at radius 3 is 1.33 bits per heavy atom. The molecule has 2 aliphatic heterocycles. The molecule has 6 bridgehead atoms. The molecule has 13 heteroatoms. The summed E-state index contributed by atoms with van der Waals surface area (Å²) in [6.07, 6.45) is 8.63. The van der Waals surface area contributed by atoms with Gasteiger partial charge in [0.25, 0.3) is 0 Å². The number of carbonyl (C=O) groups is 7. The summed E-state index contributed by atoms with van der Waals surface area (Å²) in [5, 5.41) is 0. The average molecular weight is 1080 g/mol. The van der Waals surface area contributed by atoms with Crippen molar-refractivity contribution in [2.75, 3.05) is 6.61 Å². The highest BCUT2D eigenvalue weighted by Crippen LogP contribution is 2.71. The Hall–Kier alpha value is -3.51. The smallest absolute Gasteiger partial charge is 0.347 e. The predicted octanol–water partition coefficient (Wildman–Crippen LogP) is 14.6. The molecule has 6 aliphatic carbocycles. The Bertz CT molecular complexity index is 1840. The first-order chi connectivity index (χ1) is 32.4. The lowest BCUT2D eigenvalue weighted by molar-refractivity contribution is -0.168. The molecular weight excluding hydrogens is 965 g/mol. The molecule has 8 rings (SSSR count). The minimum absolute atomic E-state index is 0. The van der Waals surface area contributed by atoms with Crippen LogP contribution in [0, 0.1) is 107 Å². The minimum Gasteiger partial charge on any atom is -0.463 e. The fourth-order valence-electron chi connectivity index (χ4n) is 13.4. The second-order valence-electron chi connectivity index (χ2n) is 25.4. The molecule has 0 N–H and O–H groups in total. The summed E-state index contributed by atoms with van der Waals surface area (Å²) in [6, 6.07) is 0. The fourth-order valence-corrected chi connectivity index (χ4v) is 13.4. The van der Waals surface area contributed by atoms with Gasteiger partial charge in [-0.3, -0.25) is 28.8 Å². The largest absolute Gasteiger partial charge is 0.463 e. The highest BCUT2D eigenvalue weighted by molar-refractivity contribution is 5.95. The van der Waals surface area contributed by atoms with Crippen LogP contribution in [-0.4, -0.2) is 71.3 Å². The zero-order chi connectivity index (χ0) is 52.5. The van der Waals surface area contributed by atoms with Crippen molar-refractivity contribution in [3.05, 3.63) is 0 Å². The van der Waals surface area contributed by atoms with Gasteiger partial charge in [0.05, 0.1) is 42.1 Å². The number of esters is 7. The van der Waals surface area contributed by atoms with Crippen molar-refractivity contribution in [1.82, 2.24) is 0 Å². The molecule has 19 unspecified atom stereocenters. The monoisotopic (exact) mass is 1080 g/mol. The van der Waals surface area contributed by atoms with Gasteiger partial charge in [0.15, 0.2) is 0 Å². The van der Waals surface area contributed by atoms with Gasteiger partial charge in [-0.2, -0.15) is 0 Å². The molecule has 19 atom stereocenters. The second kappa shape index (κ2) is 29.6. The van der Waals surface area contributed by atoms with E-state index in [4.69, 9.17) is 23.7 Å². The number of fused-ring (bicyclic) bond motifs is 11. The van der Waals surface area contributed by atoms with Gasteiger partial charge in [0.1, 0.15) is 16.8 Å². The van der Waals surface area contributed by atoms with Crippen LogP contribution in [-0.2, 0) is 62.0 Å². The average Bonchev–Trinajstić information content (AvgIpc) is 4.18. The quantitative estimate of drug-likeness (QED) is 0.0782. The summed E-state index contributed by atoms with van der Waals surface area (Å²) in [7, 11) is 0. The number of carbonyl (C=O) groups excluding carboxylic acids is 7. The molecule has 446 valence electrons. The van der Waals surface area contributed by atoms with Crippen LogP contribution in [0.2, 0.25) is 0 Å². The molecule has 13 nitrogen and oxygen atoms in total. The second-order valence-corrected chi connectivity index (χ2v) is 25.4. The van der Waals surface area contributed by atoms with Crippen molar-refractivity contribution in [1.29, 1.82) is 0 Å². The highest BCUT2D eigenvalue weighted by atomic mass is 16.6. The van der Waals surface area contributed by atoms with E-state index in [1.165, 1.54) is 19.3 Å². The van der Waals surface area contributed by atoms with Gasteiger partial charge in [0.2, 0.25) is 6.10 Å². The molecule has 0 radical (unpaired) electrons. The van der Waals surface area contributed by atoms with Gasteiger partial charge in [-0.15, -0.1) is 0 Å². The molecule has 2 heterocycles. The van der Waals surface area contributed by atoms with Gasteiger partial charge in [0, 0.05) is 6.42 Å². The van der Waals surface area contributed by atoms with E-state index in [1.807, 2.05) is 76.2 Å². The van der Waals surface area contributed by atoms with E-state index < -0.39 is 29.2 Å². The molecule has 0 aromatic carbocycles. The number of hydrogen-bond acceptors (Lipinski definition) is 13. The van der Waals surface area contributed by atoms with Crippen LogP contribution >= 0.6 is 0 Å². The molecule has 0 aromatic rings. The van der Waals surface area contributed by atoms with Crippen molar-refractivity contribution >= 4 is 41.8 Å². The van der Waals surface area contributed by atoms with E-state index >= 15 is 0 Å². The van der Waals surface area contributed by atoms with Crippen LogP contribution in [0.15, 0.2) is 0 Å². The van der Waals surface area contributed by atoms with Crippen molar-refractivity contribution in [2.45, 2.75) is 249 Å². The van der Waals surface area contributed by atoms with Crippen molar-refractivity contribution in [3.63, 3.8) is 0 Å². The summed E-state index contributed by atoms with van der Waals surface area (Å²) in [4.78, 5) is 81.2. The molecule has 0 spiro atoms. The summed E-state index contributed by atoms with van der Waals surface area (Å²) < 4.78 is 31.4. The number of hydrogen-bond donors (Lipinski definition) is 0. The number of rotatable bonds is 12. The molecule has 2 saturated heterocycles. The van der Waals surface area contributed by atoms with Gasteiger partial charge < -0.3 is 28.4 Å². The Morgan fingerprint density at radius 1 is 0.526 bits per heavy atom. The lowest BCUT2D eigenvalue weighted by Gasteiger charge is -2.43. The van der Waals surface area contributed by atoms with E-state index in [9.17, 15) is 33.6 Å². The maximum Gasteiger partial charge on any atom is 0.347 e. The molecule has 8 fully saturated rings. The zero-order valence-corrected chi connectivity index (χ0v) is 46.1. The van der Waals surface area contributed by atoms with Gasteiger partial charge >= 0.3 is 41.8 Å². The molecule has 8 aliphatic rings. The minimum atomic E-state index is -0.642. The Kier molecular flexibility index (Phi) is 29.1. The topological polar surface area (TPSA) is 175 Å². The molecular formula is C63H116O13. The standard InChI is InChI=1S/C19H26O4.C18H34O4.C14H24O2.C6H8O3.6CH4/c1-8-9(2)12-7-11(8)16-10-5-13(17(12)16)14(6-10)18(20)23-15-3-4-22-19(15)21;1-9-13(3)15(19)21-17(5,6)11-12-18(7,8)22-16(20)14(4)10-2;1-8-9(2)11-6-10(8)7-12(11)13(15)16-14(3,4)5;1-3-4(2)6(8)9-5(3)7;;;;;;/h8-17H,3-7H2,1-2H3;13-14H,9-12H2,1-8H3;8-12H,6-7H2,1-5H3;3-4H,1-2H3;6*1H4. The SMILES string of the molecule is C.C.C.C.C.C.CC1C(=O)OC(=O)C1C.CC1C(C)C2CC1C1C3CC(C(=O)OC4CCOC4=O)C(C3)C21.CC1C2CC(C(=O)OC(C)(C)C)C(C2)C1C.CCC(C)C(=O)OC(C)(C)CCC(C)(C)OC(=O)C(C)CC. The Morgan fingerprint density at radius 2 is 0.947 bits per heavy atom. The highest BCUT2D eigenvalue weighted by Gasteiger charge is 2.67. The van der Waals surface area contributed by atoms with E-state index in [1.54, 1.807) is 13.8 Å². The van der Waals surface area contributed by atoms with E-state index in [0.717, 1.165) is 78.9 Å². The van der Waals surface area contributed by atoms with E-state index in [2.05, 4.69) is 32.4 Å². The van der Waals surface area contributed by atoms with Gasteiger partial charge in [-0.1, -0.05) is 114 Å². The van der Waals surface area contributed by atoms with Crippen molar-refractivity contribution < 1.29 is 62.0 Å². The summed E-state index contributed by atoms with van der Waals surface area (Å²) >= 11 is 0. The first-order valence-electron chi connectivity index (χ1n) is 27.2. The van der Waals surface area contributed by atoms with Crippen LogP contribution in [0.1, 0.15) is 226 Å². The molecule has 0 amide bonds. The molecule has 0 aromatic heterocycles. The van der Waals surface area contributed by atoms with Crippen molar-refractivity contribution in [2.24, 2.45) is 107 Å². The third kappa shape index (κ3) is 17.2. The van der Waals surface area contributed by atoms with E-state index in [-0.39, 0.29) is 116 Å². The van der Waals surface area contributed by atoms with Gasteiger partial charge in [-0.25, -0.2) is 4.79 Å². The van der Waals surface area contributed by atoms with Crippen LogP contribution in [0.4, 0.5) is 0 Å².